The van der Waals surface area contributed by atoms with E-state index < -0.39 is 10.8 Å². The predicted molar refractivity (Wildman–Crippen MR) is 117 cm³/mol. The van der Waals surface area contributed by atoms with Gasteiger partial charge in [0.2, 0.25) is 11.6 Å². The number of benzene rings is 1. The highest BCUT2D eigenvalue weighted by molar-refractivity contribution is 5.97. The molecule has 4 aliphatic rings. The lowest BCUT2D eigenvalue weighted by atomic mass is 9.53. The molecule has 32 heavy (non-hydrogen) atoms. The van der Waals surface area contributed by atoms with Crippen LogP contribution in [0.3, 0.4) is 0 Å². The quantitative estimate of drug-likeness (QED) is 0.442. The summed E-state index contributed by atoms with van der Waals surface area (Å²) in [5, 5.41) is 15.4. The molecular weight excluding hydrogens is 412 g/mol. The molecule has 0 aliphatic heterocycles. The lowest BCUT2D eigenvalue weighted by molar-refractivity contribution is -0.383. The predicted octanol–water partition coefficient (Wildman–Crippen LogP) is 3.53. The summed E-state index contributed by atoms with van der Waals surface area (Å²) in [7, 11) is 1.47. The number of nitrogens with one attached hydrogen (secondary N) is 3. The highest BCUT2D eigenvalue weighted by Crippen LogP contribution is 2.57. The van der Waals surface area contributed by atoms with E-state index in [1.165, 1.54) is 32.7 Å². The molecule has 168 valence electrons. The van der Waals surface area contributed by atoms with Crippen molar-refractivity contribution in [1.29, 1.82) is 0 Å². The van der Waals surface area contributed by atoms with E-state index in [1.54, 1.807) is 24.3 Å². The van der Waals surface area contributed by atoms with Crippen molar-refractivity contribution in [2.75, 3.05) is 17.9 Å². The lowest BCUT2D eigenvalue weighted by Gasteiger charge is -2.57. The standard InChI is InChI=1S/C22H26N6O4/c1-32-17-5-3-2-4-16(17)21(29)27-26-20-18(28(30)31)19(23-12-24-20)25-22-9-13-6-14(10-22)8-15(7-13)11-22/h2-5,12-15H,6-11H2,1H3,(H,27,29)(H2,23,24,25,26). The summed E-state index contributed by atoms with van der Waals surface area (Å²) in [5.74, 6) is 2.09. The number of aromatic nitrogens is 2. The Morgan fingerprint density at radius 1 is 1.09 bits per heavy atom. The molecular formula is C22H26N6O4. The van der Waals surface area contributed by atoms with E-state index in [9.17, 15) is 14.9 Å². The van der Waals surface area contributed by atoms with Gasteiger partial charge in [0.1, 0.15) is 12.1 Å². The van der Waals surface area contributed by atoms with Crippen molar-refractivity contribution < 1.29 is 14.5 Å². The molecule has 0 radical (unpaired) electrons. The fraction of sp³-hybridized carbons (Fsp3) is 0.500. The smallest absolute Gasteiger partial charge is 0.354 e. The Balaban J connectivity index is 1.37. The summed E-state index contributed by atoms with van der Waals surface area (Å²) in [6, 6.07) is 6.72. The summed E-state index contributed by atoms with van der Waals surface area (Å²) in [6.07, 6.45) is 8.15. The van der Waals surface area contributed by atoms with Crippen LogP contribution in [0, 0.1) is 27.9 Å². The van der Waals surface area contributed by atoms with Gasteiger partial charge >= 0.3 is 5.69 Å². The molecule has 4 bridgehead atoms. The molecule has 2 aromatic rings. The van der Waals surface area contributed by atoms with Gasteiger partial charge in [0, 0.05) is 5.54 Å². The van der Waals surface area contributed by atoms with Crippen molar-refractivity contribution in [3.8, 4) is 5.75 Å². The van der Waals surface area contributed by atoms with E-state index in [1.807, 2.05) is 0 Å². The highest BCUT2D eigenvalue weighted by atomic mass is 16.6. The van der Waals surface area contributed by atoms with Crippen molar-refractivity contribution >= 4 is 23.2 Å². The minimum Gasteiger partial charge on any atom is -0.496 e. The van der Waals surface area contributed by atoms with Gasteiger partial charge in [-0.3, -0.25) is 25.8 Å². The number of hydrogen-bond acceptors (Lipinski definition) is 8. The van der Waals surface area contributed by atoms with Crippen LogP contribution in [-0.4, -0.2) is 33.4 Å². The fourth-order valence-corrected chi connectivity index (χ4v) is 6.27. The van der Waals surface area contributed by atoms with Gasteiger partial charge in [-0.05, 0) is 68.4 Å². The van der Waals surface area contributed by atoms with Crippen molar-refractivity contribution in [3.05, 3.63) is 46.3 Å². The number of amides is 1. The van der Waals surface area contributed by atoms with Crippen LogP contribution in [0.2, 0.25) is 0 Å². The van der Waals surface area contributed by atoms with E-state index in [4.69, 9.17) is 4.74 Å². The lowest BCUT2D eigenvalue weighted by Crippen LogP contribution is -2.55. The molecule has 0 unspecified atom stereocenters. The topological polar surface area (TPSA) is 131 Å². The van der Waals surface area contributed by atoms with Crippen LogP contribution in [0.5, 0.6) is 5.75 Å². The number of nitro groups is 1. The molecule has 1 aromatic carbocycles. The molecule has 3 N–H and O–H groups in total. The summed E-state index contributed by atoms with van der Waals surface area (Å²) >= 11 is 0. The van der Waals surface area contributed by atoms with Gasteiger partial charge in [0.15, 0.2) is 0 Å². The Morgan fingerprint density at radius 2 is 1.72 bits per heavy atom. The summed E-state index contributed by atoms with van der Waals surface area (Å²) < 4.78 is 5.20. The van der Waals surface area contributed by atoms with Gasteiger partial charge in [-0.1, -0.05) is 12.1 Å². The number of anilines is 2. The number of methoxy groups -OCH3 is 1. The van der Waals surface area contributed by atoms with Gasteiger partial charge < -0.3 is 10.1 Å². The summed E-state index contributed by atoms with van der Waals surface area (Å²) in [5.41, 5.74) is 4.96. The van der Waals surface area contributed by atoms with Crippen LogP contribution < -0.4 is 20.9 Å². The number of carbonyl (C=O) groups is 1. The third-order valence-electron chi connectivity index (χ3n) is 7.07. The van der Waals surface area contributed by atoms with Crippen LogP contribution in [0.15, 0.2) is 30.6 Å². The molecule has 4 saturated carbocycles. The summed E-state index contributed by atoms with van der Waals surface area (Å²) in [6.45, 7) is 0. The second-order valence-corrected chi connectivity index (χ2v) is 9.28. The van der Waals surface area contributed by atoms with Crippen LogP contribution in [0.25, 0.3) is 0 Å². The maximum absolute atomic E-state index is 12.6. The van der Waals surface area contributed by atoms with Crippen molar-refractivity contribution in [1.82, 2.24) is 15.4 Å². The van der Waals surface area contributed by atoms with Crippen molar-refractivity contribution in [2.24, 2.45) is 17.8 Å². The first-order valence-corrected chi connectivity index (χ1v) is 10.9. The van der Waals surface area contributed by atoms with E-state index in [-0.39, 0.29) is 22.9 Å². The second-order valence-electron chi connectivity index (χ2n) is 9.28. The molecule has 0 spiro atoms. The van der Waals surface area contributed by atoms with Gasteiger partial charge in [0.05, 0.1) is 17.6 Å². The Hall–Kier alpha value is -3.43. The van der Waals surface area contributed by atoms with Crippen LogP contribution >= 0.6 is 0 Å². The largest absolute Gasteiger partial charge is 0.496 e. The van der Waals surface area contributed by atoms with Crippen LogP contribution in [0.4, 0.5) is 17.3 Å². The summed E-state index contributed by atoms with van der Waals surface area (Å²) in [4.78, 5) is 32.2. The Kier molecular flexibility index (Phi) is 5.07. The number of ether oxygens (including phenoxy) is 1. The maximum Gasteiger partial charge on any atom is 0.354 e. The van der Waals surface area contributed by atoms with Gasteiger partial charge in [0.25, 0.3) is 5.91 Å². The number of nitrogens with zero attached hydrogens (tertiary/aromatic N) is 3. The van der Waals surface area contributed by atoms with E-state index in [0.717, 1.165) is 19.3 Å². The average Bonchev–Trinajstić information content (AvgIpc) is 2.76. The number of hydrazine groups is 1. The zero-order valence-electron chi connectivity index (χ0n) is 17.8. The van der Waals surface area contributed by atoms with E-state index in [2.05, 4.69) is 26.1 Å². The zero-order chi connectivity index (χ0) is 22.3. The zero-order valence-corrected chi connectivity index (χ0v) is 17.8. The Bertz CT molecular complexity index is 1020. The normalized spacial score (nSPS) is 27.6. The third kappa shape index (κ3) is 3.69. The molecule has 6 rings (SSSR count). The minimum absolute atomic E-state index is 0.0690. The van der Waals surface area contributed by atoms with Crippen molar-refractivity contribution in [3.63, 3.8) is 0 Å². The second kappa shape index (κ2) is 7.92. The molecule has 10 heteroatoms. The SMILES string of the molecule is COc1ccccc1C(=O)NNc1ncnc(NC23CC4CC(CC(C4)C2)C3)c1[N+](=O)[O-]. The van der Waals surface area contributed by atoms with Gasteiger partial charge in [-0.15, -0.1) is 0 Å². The van der Waals surface area contributed by atoms with Gasteiger partial charge in [-0.25, -0.2) is 9.97 Å². The molecule has 1 heterocycles. The number of para-hydroxylation sites is 1. The monoisotopic (exact) mass is 438 g/mol. The van der Waals surface area contributed by atoms with E-state index in [0.29, 0.717) is 29.1 Å². The van der Waals surface area contributed by atoms with Crippen LogP contribution in [0.1, 0.15) is 48.9 Å². The Morgan fingerprint density at radius 3 is 2.34 bits per heavy atom. The van der Waals surface area contributed by atoms with Gasteiger partial charge in [-0.2, -0.15) is 0 Å². The third-order valence-corrected chi connectivity index (χ3v) is 7.07. The van der Waals surface area contributed by atoms with Crippen LogP contribution in [-0.2, 0) is 0 Å². The Labute approximate surface area is 185 Å². The number of rotatable bonds is 7. The first kappa shape index (κ1) is 20.5. The molecule has 1 aromatic heterocycles. The molecule has 1 amide bonds. The highest BCUT2D eigenvalue weighted by Gasteiger charge is 2.51. The molecule has 0 saturated heterocycles. The molecule has 4 fully saturated rings. The van der Waals surface area contributed by atoms with E-state index >= 15 is 0 Å². The first-order chi connectivity index (χ1) is 15.5. The minimum atomic E-state index is -0.513. The van der Waals surface area contributed by atoms with Crippen molar-refractivity contribution in [2.45, 2.75) is 44.1 Å². The molecule has 10 nitrogen and oxygen atoms in total. The average molecular weight is 438 g/mol. The molecule has 0 atom stereocenters. The maximum atomic E-state index is 12.6. The first-order valence-electron chi connectivity index (χ1n) is 10.9. The fourth-order valence-electron chi connectivity index (χ4n) is 6.27. The number of carbonyl (C=O) groups excluding carboxylic acids is 1. The number of hydrogen-bond donors (Lipinski definition) is 3. The molecule has 4 aliphatic carbocycles.